The Morgan fingerprint density at radius 1 is 1.29 bits per heavy atom. The molecule has 2 aromatic rings. The molecule has 3 rings (SSSR count). The average molecular weight is 326 g/mol. The van der Waals surface area contributed by atoms with Gasteiger partial charge in [-0.15, -0.1) is 0 Å². The molecule has 3 atom stereocenters. The molecule has 0 unspecified atom stereocenters. The predicted molar refractivity (Wildman–Crippen MR) is 89.4 cm³/mol. The van der Waals surface area contributed by atoms with Gasteiger partial charge in [-0.2, -0.15) is 0 Å². The molecule has 5 nitrogen and oxygen atoms in total. The Kier molecular flexibility index (Phi) is 4.90. The molecule has 0 bridgehead atoms. The summed E-state index contributed by atoms with van der Waals surface area (Å²) in [7, 11) is 1.79. The highest BCUT2D eigenvalue weighted by molar-refractivity contribution is 5.99. The van der Waals surface area contributed by atoms with E-state index in [-0.39, 0.29) is 29.3 Å². The first kappa shape index (κ1) is 16.6. The molecule has 0 N–H and O–H groups in total. The maximum atomic E-state index is 12.8. The van der Waals surface area contributed by atoms with Crippen molar-refractivity contribution in [3.05, 3.63) is 54.1 Å². The first-order valence-electron chi connectivity index (χ1n) is 8.21. The van der Waals surface area contributed by atoms with Crippen LogP contribution in [0.15, 0.2) is 42.7 Å². The van der Waals surface area contributed by atoms with Crippen molar-refractivity contribution >= 4 is 11.6 Å². The Morgan fingerprint density at radius 2 is 2.04 bits per heavy atom. The van der Waals surface area contributed by atoms with Gasteiger partial charge in [0.1, 0.15) is 5.78 Å². The van der Waals surface area contributed by atoms with Crippen molar-refractivity contribution in [2.45, 2.75) is 20.0 Å². The maximum absolute atomic E-state index is 12.8. The van der Waals surface area contributed by atoms with Crippen LogP contribution in [0.5, 0.6) is 0 Å². The van der Waals surface area contributed by atoms with Gasteiger partial charge in [0.25, 0.3) is 0 Å². The quantitative estimate of drug-likeness (QED) is 0.734. The Hall–Kier alpha value is -2.27. The highest BCUT2D eigenvalue weighted by Crippen LogP contribution is 2.43. The van der Waals surface area contributed by atoms with Crippen LogP contribution in [-0.2, 0) is 23.2 Å². The van der Waals surface area contributed by atoms with Crippen LogP contribution in [0.3, 0.4) is 0 Å². The van der Waals surface area contributed by atoms with Gasteiger partial charge in [-0.05, 0) is 24.8 Å². The Balaban J connectivity index is 1.63. The van der Waals surface area contributed by atoms with Crippen LogP contribution in [0.25, 0.3) is 0 Å². The number of nitrogens with zero attached hydrogens (tertiary/aromatic N) is 2. The number of aromatic nitrogens is 2. The topological polar surface area (TPSA) is 61.2 Å². The number of aryl methyl sites for hydroxylation is 1. The van der Waals surface area contributed by atoms with Crippen LogP contribution in [0.4, 0.5) is 0 Å². The first-order valence-corrected chi connectivity index (χ1v) is 8.21. The second-order valence-electron chi connectivity index (χ2n) is 6.47. The smallest absolute Gasteiger partial charge is 0.202 e. The normalized spacial score (nSPS) is 22.8. The van der Waals surface area contributed by atoms with Gasteiger partial charge in [0, 0.05) is 31.3 Å². The molecular formula is C19H22N2O3. The minimum atomic E-state index is -0.320. The van der Waals surface area contributed by atoms with Gasteiger partial charge in [-0.1, -0.05) is 30.3 Å². The summed E-state index contributed by atoms with van der Waals surface area (Å²) in [6.45, 7) is 2.56. The molecule has 1 aromatic carbocycles. The number of carbonyl (C=O) groups excluding carboxylic acids is 2. The number of ketones is 2. The van der Waals surface area contributed by atoms with E-state index < -0.39 is 0 Å². The number of Topliss-reactive ketones (excluding diaryl/α,β-unsaturated/α-hetero) is 2. The third kappa shape index (κ3) is 3.31. The van der Waals surface area contributed by atoms with Gasteiger partial charge >= 0.3 is 0 Å². The Morgan fingerprint density at radius 3 is 2.67 bits per heavy atom. The SMILES string of the molecule is CC(=O)[C@H]1C[C@@H](COCc2ccccc2)[C@@H]1C(=O)c1nccn1C. The van der Waals surface area contributed by atoms with Crippen molar-refractivity contribution in [3.63, 3.8) is 0 Å². The van der Waals surface area contributed by atoms with Gasteiger partial charge < -0.3 is 9.30 Å². The molecule has 0 radical (unpaired) electrons. The van der Waals surface area contributed by atoms with Gasteiger partial charge in [-0.3, -0.25) is 9.59 Å². The van der Waals surface area contributed by atoms with Gasteiger partial charge in [0.05, 0.1) is 13.2 Å². The number of rotatable bonds is 7. The number of benzene rings is 1. The predicted octanol–water partition coefficient (Wildman–Crippen LogP) is 2.66. The molecule has 1 aliphatic rings. The van der Waals surface area contributed by atoms with Crippen molar-refractivity contribution in [2.24, 2.45) is 24.8 Å². The summed E-state index contributed by atoms with van der Waals surface area (Å²) in [5, 5.41) is 0. The van der Waals surface area contributed by atoms with Crippen molar-refractivity contribution in [1.29, 1.82) is 0 Å². The first-order chi connectivity index (χ1) is 11.6. The third-order valence-electron chi connectivity index (χ3n) is 4.81. The van der Waals surface area contributed by atoms with E-state index in [1.807, 2.05) is 30.3 Å². The summed E-state index contributed by atoms with van der Waals surface area (Å²) in [4.78, 5) is 28.7. The summed E-state index contributed by atoms with van der Waals surface area (Å²) in [5.74, 6) is -0.0196. The molecule has 1 fully saturated rings. The number of imidazole rings is 1. The fraction of sp³-hybridized carbons (Fsp3) is 0.421. The zero-order valence-corrected chi connectivity index (χ0v) is 14.0. The number of ether oxygens (including phenoxy) is 1. The van der Waals surface area contributed by atoms with Crippen LogP contribution >= 0.6 is 0 Å². The zero-order valence-electron chi connectivity index (χ0n) is 14.0. The van der Waals surface area contributed by atoms with Gasteiger partial charge in [0.2, 0.25) is 5.78 Å². The lowest BCUT2D eigenvalue weighted by molar-refractivity contribution is -0.129. The molecule has 5 heteroatoms. The molecule has 24 heavy (non-hydrogen) atoms. The van der Waals surface area contributed by atoms with Gasteiger partial charge in [0.15, 0.2) is 5.82 Å². The molecule has 1 heterocycles. The van der Waals surface area contributed by atoms with Crippen molar-refractivity contribution in [2.75, 3.05) is 6.61 Å². The Bertz CT molecular complexity index is 723. The lowest BCUT2D eigenvalue weighted by Crippen LogP contribution is -2.48. The van der Waals surface area contributed by atoms with Crippen LogP contribution in [0, 0.1) is 17.8 Å². The minimum Gasteiger partial charge on any atom is -0.376 e. The van der Waals surface area contributed by atoms with E-state index >= 15 is 0 Å². The van der Waals surface area contributed by atoms with E-state index in [9.17, 15) is 9.59 Å². The van der Waals surface area contributed by atoms with E-state index in [2.05, 4.69) is 4.98 Å². The number of hydrogen-bond donors (Lipinski definition) is 0. The summed E-state index contributed by atoms with van der Waals surface area (Å²) >= 11 is 0. The second-order valence-corrected chi connectivity index (χ2v) is 6.47. The van der Waals surface area contributed by atoms with E-state index in [4.69, 9.17) is 4.74 Å². The lowest BCUT2D eigenvalue weighted by atomic mass is 9.61. The van der Waals surface area contributed by atoms with Crippen LogP contribution < -0.4 is 0 Å². The molecule has 1 saturated carbocycles. The summed E-state index contributed by atoms with van der Waals surface area (Å²) in [6.07, 6.45) is 4.07. The molecule has 0 spiro atoms. The molecule has 0 aliphatic heterocycles. The zero-order chi connectivity index (χ0) is 17.1. The van der Waals surface area contributed by atoms with Crippen LogP contribution in [-0.4, -0.2) is 27.7 Å². The van der Waals surface area contributed by atoms with E-state index in [0.717, 1.165) is 5.56 Å². The van der Waals surface area contributed by atoms with E-state index in [1.54, 1.807) is 30.9 Å². The van der Waals surface area contributed by atoms with Crippen LogP contribution in [0.1, 0.15) is 29.5 Å². The lowest BCUT2D eigenvalue weighted by Gasteiger charge is -2.42. The molecule has 126 valence electrons. The molecular weight excluding hydrogens is 304 g/mol. The van der Waals surface area contributed by atoms with Crippen LogP contribution in [0.2, 0.25) is 0 Å². The number of hydrogen-bond acceptors (Lipinski definition) is 4. The molecule has 1 aromatic heterocycles. The third-order valence-corrected chi connectivity index (χ3v) is 4.81. The van der Waals surface area contributed by atoms with Crippen molar-refractivity contribution < 1.29 is 14.3 Å². The fourth-order valence-electron chi connectivity index (χ4n) is 3.39. The second kappa shape index (κ2) is 7.09. The van der Waals surface area contributed by atoms with E-state index in [0.29, 0.717) is 25.5 Å². The minimum absolute atomic E-state index is 0.0535. The average Bonchev–Trinajstić information content (AvgIpc) is 2.96. The van der Waals surface area contributed by atoms with Crippen molar-refractivity contribution in [3.8, 4) is 0 Å². The van der Waals surface area contributed by atoms with E-state index in [1.165, 1.54) is 0 Å². The maximum Gasteiger partial charge on any atom is 0.202 e. The summed E-state index contributed by atoms with van der Waals surface area (Å²) in [6, 6.07) is 9.93. The Labute approximate surface area is 141 Å². The highest BCUT2D eigenvalue weighted by Gasteiger charge is 2.48. The van der Waals surface area contributed by atoms with Crippen molar-refractivity contribution in [1.82, 2.24) is 9.55 Å². The molecule has 1 aliphatic carbocycles. The van der Waals surface area contributed by atoms with Gasteiger partial charge in [-0.25, -0.2) is 4.98 Å². The monoisotopic (exact) mass is 326 g/mol. The number of carbonyl (C=O) groups is 2. The molecule has 0 amide bonds. The fourth-order valence-corrected chi connectivity index (χ4v) is 3.39. The molecule has 0 saturated heterocycles. The highest BCUT2D eigenvalue weighted by atomic mass is 16.5. The summed E-state index contributed by atoms with van der Waals surface area (Å²) < 4.78 is 7.50. The standard InChI is InChI=1S/C19H22N2O3/c1-13(22)16-10-15(12-24-11-14-6-4-3-5-7-14)17(16)18(23)19-20-8-9-21(19)2/h3-9,15-17H,10-12H2,1-2H3/t15-,16+,17-/m0/s1. The largest absolute Gasteiger partial charge is 0.376 e. The summed E-state index contributed by atoms with van der Waals surface area (Å²) in [5.41, 5.74) is 1.10.